The summed E-state index contributed by atoms with van der Waals surface area (Å²) in [4.78, 5) is 22.2. The Morgan fingerprint density at radius 2 is 1.86 bits per heavy atom. The predicted octanol–water partition coefficient (Wildman–Crippen LogP) is 4.90. The van der Waals surface area contributed by atoms with Crippen molar-refractivity contribution in [3.63, 3.8) is 0 Å². The van der Waals surface area contributed by atoms with Crippen LogP contribution in [0, 0.1) is 0 Å². The van der Waals surface area contributed by atoms with E-state index in [2.05, 4.69) is 38.1 Å². The Morgan fingerprint density at radius 3 is 2.75 bits per heavy atom. The first-order chi connectivity index (χ1) is 13.8. The second kappa shape index (κ2) is 7.05. The van der Waals surface area contributed by atoms with Crippen molar-refractivity contribution in [2.24, 2.45) is 0 Å². The predicted molar refractivity (Wildman–Crippen MR) is 114 cm³/mol. The van der Waals surface area contributed by atoms with Crippen LogP contribution in [0.2, 0.25) is 0 Å². The average Bonchev–Trinajstić information content (AvgIpc) is 3.30. The molecule has 1 amide bonds. The monoisotopic (exact) mass is 386 g/mol. The van der Waals surface area contributed by atoms with E-state index < -0.39 is 0 Å². The molecule has 5 nitrogen and oxygen atoms in total. The molecule has 28 heavy (non-hydrogen) atoms. The molecule has 1 unspecified atom stereocenters. The lowest BCUT2D eigenvalue weighted by atomic mass is 9.97. The summed E-state index contributed by atoms with van der Waals surface area (Å²) >= 11 is 1.62. The first kappa shape index (κ1) is 16.9. The fraction of sp³-hybridized carbons (Fsp3) is 0.136. The third-order valence-electron chi connectivity index (χ3n) is 5.09. The summed E-state index contributed by atoms with van der Waals surface area (Å²) in [5.41, 5.74) is 4.28. The minimum absolute atomic E-state index is 0.0661. The number of aromatic nitrogens is 2. The number of amides is 1. The van der Waals surface area contributed by atoms with Crippen molar-refractivity contribution >= 4 is 39.0 Å². The zero-order valence-electron chi connectivity index (χ0n) is 15.1. The van der Waals surface area contributed by atoms with Crippen molar-refractivity contribution in [2.75, 3.05) is 17.2 Å². The number of thiophene rings is 1. The van der Waals surface area contributed by atoms with Gasteiger partial charge in [0.2, 0.25) is 5.91 Å². The first-order valence-electron chi connectivity index (χ1n) is 9.22. The minimum atomic E-state index is -0.128. The van der Waals surface area contributed by atoms with Crippen molar-refractivity contribution in [1.29, 1.82) is 0 Å². The highest BCUT2D eigenvalue weighted by atomic mass is 32.1. The van der Waals surface area contributed by atoms with Crippen molar-refractivity contribution in [2.45, 2.75) is 12.3 Å². The van der Waals surface area contributed by atoms with E-state index in [0.29, 0.717) is 13.0 Å². The van der Waals surface area contributed by atoms with Gasteiger partial charge in [-0.1, -0.05) is 48.5 Å². The molecular weight excluding hydrogens is 368 g/mol. The maximum Gasteiger partial charge on any atom is 0.232 e. The van der Waals surface area contributed by atoms with Crippen LogP contribution in [0.4, 0.5) is 11.5 Å². The molecule has 3 heterocycles. The molecule has 4 aromatic rings. The van der Waals surface area contributed by atoms with Crippen LogP contribution in [0.25, 0.3) is 21.3 Å². The molecule has 0 spiro atoms. The van der Waals surface area contributed by atoms with E-state index in [4.69, 9.17) is 0 Å². The number of fused-ring (bicyclic) bond motifs is 2. The quantitative estimate of drug-likeness (QED) is 0.512. The minimum Gasteiger partial charge on any atom is -0.369 e. The fourth-order valence-corrected chi connectivity index (χ4v) is 4.65. The number of para-hydroxylation sites is 1. The first-order valence-corrected chi connectivity index (χ1v) is 10.1. The Kier molecular flexibility index (Phi) is 4.25. The number of hydrogen-bond donors (Lipinski definition) is 2. The van der Waals surface area contributed by atoms with Crippen LogP contribution in [-0.4, -0.2) is 22.4 Å². The number of carbonyl (C=O) groups excluding carboxylic acids is 1. The normalized spacial score (nSPS) is 15.4. The van der Waals surface area contributed by atoms with Crippen LogP contribution in [-0.2, 0) is 4.79 Å². The topological polar surface area (TPSA) is 66.9 Å². The van der Waals surface area contributed by atoms with E-state index in [0.717, 1.165) is 38.4 Å². The highest BCUT2D eigenvalue weighted by Gasteiger charge is 2.29. The maximum atomic E-state index is 12.3. The number of nitrogens with one attached hydrogen (secondary N) is 2. The summed E-state index contributed by atoms with van der Waals surface area (Å²) < 4.78 is 0. The highest BCUT2D eigenvalue weighted by molar-refractivity contribution is 7.17. The van der Waals surface area contributed by atoms with Gasteiger partial charge in [-0.15, -0.1) is 11.3 Å². The summed E-state index contributed by atoms with van der Waals surface area (Å²) in [6.07, 6.45) is 2.30. The molecule has 0 radical (unpaired) electrons. The SMILES string of the molecule is O=C1Nc2ccccc2C1CCNc1ncnc2scc(-c3ccccc3)c12. The van der Waals surface area contributed by atoms with Gasteiger partial charge in [-0.3, -0.25) is 4.79 Å². The molecule has 1 aliphatic rings. The van der Waals surface area contributed by atoms with Crippen molar-refractivity contribution in [3.05, 3.63) is 71.9 Å². The zero-order chi connectivity index (χ0) is 18.9. The van der Waals surface area contributed by atoms with Gasteiger partial charge in [0.05, 0.1) is 11.3 Å². The maximum absolute atomic E-state index is 12.3. The zero-order valence-corrected chi connectivity index (χ0v) is 15.9. The van der Waals surface area contributed by atoms with E-state index in [9.17, 15) is 4.79 Å². The second-order valence-corrected chi connectivity index (χ2v) is 7.62. The fourth-order valence-electron chi connectivity index (χ4n) is 3.74. The van der Waals surface area contributed by atoms with Crippen molar-refractivity contribution < 1.29 is 4.79 Å². The number of hydrogen-bond acceptors (Lipinski definition) is 5. The molecule has 2 aromatic carbocycles. The Balaban J connectivity index is 1.39. The van der Waals surface area contributed by atoms with Crippen LogP contribution < -0.4 is 10.6 Å². The van der Waals surface area contributed by atoms with Gasteiger partial charge in [0.15, 0.2) is 0 Å². The Hall–Kier alpha value is -3.25. The largest absolute Gasteiger partial charge is 0.369 e. The van der Waals surface area contributed by atoms with E-state index >= 15 is 0 Å². The summed E-state index contributed by atoms with van der Waals surface area (Å²) in [5.74, 6) is 0.755. The lowest BCUT2D eigenvalue weighted by Gasteiger charge is -2.11. The number of anilines is 2. The molecule has 6 heteroatoms. The van der Waals surface area contributed by atoms with E-state index in [-0.39, 0.29) is 11.8 Å². The summed E-state index contributed by atoms with van der Waals surface area (Å²) in [6.45, 7) is 0.655. The molecule has 0 aliphatic carbocycles. The third kappa shape index (κ3) is 2.92. The highest BCUT2D eigenvalue weighted by Crippen LogP contribution is 2.37. The van der Waals surface area contributed by atoms with Gasteiger partial charge in [0.1, 0.15) is 17.0 Å². The number of rotatable bonds is 5. The Morgan fingerprint density at radius 1 is 1.04 bits per heavy atom. The van der Waals surface area contributed by atoms with Crippen LogP contribution >= 0.6 is 11.3 Å². The number of nitrogens with zero attached hydrogens (tertiary/aromatic N) is 2. The molecule has 0 bridgehead atoms. The lowest BCUT2D eigenvalue weighted by Crippen LogP contribution is -2.16. The van der Waals surface area contributed by atoms with Crippen molar-refractivity contribution in [3.8, 4) is 11.1 Å². The van der Waals surface area contributed by atoms with Crippen molar-refractivity contribution in [1.82, 2.24) is 9.97 Å². The molecule has 1 atom stereocenters. The van der Waals surface area contributed by atoms with Gasteiger partial charge in [0, 0.05) is 23.2 Å². The molecular formula is C22H18N4OS. The van der Waals surface area contributed by atoms with E-state index in [1.165, 1.54) is 0 Å². The summed E-state index contributed by atoms with van der Waals surface area (Å²) in [6, 6.07) is 18.2. The number of carbonyl (C=O) groups is 1. The van der Waals surface area contributed by atoms with Crippen LogP contribution in [0.15, 0.2) is 66.3 Å². The Bertz CT molecular complexity index is 1160. The standard InChI is InChI=1S/C22H18N4OS/c27-21-16(15-8-4-5-9-18(15)26-21)10-11-23-20-19-17(14-6-2-1-3-7-14)12-28-22(19)25-13-24-20/h1-9,12-13,16H,10-11H2,(H,26,27)(H,23,24,25). The molecule has 2 aromatic heterocycles. The second-order valence-electron chi connectivity index (χ2n) is 6.76. The average molecular weight is 386 g/mol. The Labute approximate surface area is 166 Å². The molecule has 0 fully saturated rings. The molecule has 5 rings (SSSR count). The van der Waals surface area contributed by atoms with Gasteiger partial charge in [0.25, 0.3) is 0 Å². The van der Waals surface area contributed by atoms with Gasteiger partial charge >= 0.3 is 0 Å². The third-order valence-corrected chi connectivity index (χ3v) is 5.98. The molecule has 2 N–H and O–H groups in total. The molecule has 138 valence electrons. The van der Waals surface area contributed by atoms with Gasteiger partial charge in [-0.2, -0.15) is 0 Å². The molecule has 1 aliphatic heterocycles. The van der Waals surface area contributed by atoms with Gasteiger partial charge in [-0.05, 0) is 23.6 Å². The van der Waals surface area contributed by atoms with Crippen LogP contribution in [0.1, 0.15) is 17.9 Å². The van der Waals surface area contributed by atoms with Crippen LogP contribution in [0.5, 0.6) is 0 Å². The number of benzene rings is 2. The lowest BCUT2D eigenvalue weighted by molar-refractivity contribution is -0.117. The van der Waals surface area contributed by atoms with Crippen LogP contribution in [0.3, 0.4) is 0 Å². The summed E-state index contributed by atoms with van der Waals surface area (Å²) in [7, 11) is 0. The smallest absolute Gasteiger partial charge is 0.232 e. The summed E-state index contributed by atoms with van der Waals surface area (Å²) in [5, 5.41) is 9.56. The van der Waals surface area contributed by atoms with Gasteiger partial charge in [-0.25, -0.2) is 9.97 Å². The molecule has 0 saturated heterocycles. The van der Waals surface area contributed by atoms with Gasteiger partial charge < -0.3 is 10.6 Å². The molecule has 0 saturated carbocycles. The van der Waals surface area contributed by atoms with E-state index in [1.807, 2.05) is 42.5 Å². The van der Waals surface area contributed by atoms with E-state index in [1.54, 1.807) is 17.7 Å².